The van der Waals surface area contributed by atoms with Crippen molar-refractivity contribution in [3.63, 3.8) is 0 Å². The summed E-state index contributed by atoms with van der Waals surface area (Å²) in [7, 11) is 0. The highest BCUT2D eigenvalue weighted by Gasteiger charge is 2.44. The molecule has 0 amide bonds. The second-order valence-electron chi connectivity index (χ2n) is 4.52. The minimum Gasteiger partial charge on any atom is -0.395 e. The third-order valence-corrected chi connectivity index (χ3v) is 3.23. The minimum absolute atomic E-state index is 0.0303. The SMILES string of the molecule is O=c1[nH]c(=O)n(CCO)cc1[C@@H]1O[C@H](CO)C(O)C1O. The first kappa shape index (κ1) is 14.9. The summed E-state index contributed by atoms with van der Waals surface area (Å²) in [6, 6.07) is 0. The van der Waals surface area contributed by atoms with E-state index in [1.54, 1.807) is 0 Å². The molecule has 2 unspecified atom stereocenters. The second kappa shape index (κ2) is 5.85. The van der Waals surface area contributed by atoms with Crippen LogP contribution in [0.2, 0.25) is 0 Å². The van der Waals surface area contributed by atoms with Crippen LogP contribution in [0.1, 0.15) is 11.7 Å². The molecule has 9 heteroatoms. The summed E-state index contributed by atoms with van der Waals surface area (Å²) in [6.07, 6.45) is -3.72. The fourth-order valence-corrected chi connectivity index (χ4v) is 2.16. The third-order valence-electron chi connectivity index (χ3n) is 3.23. The summed E-state index contributed by atoms with van der Waals surface area (Å²) in [5.74, 6) is 0. The molecule has 0 aliphatic carbocycles. The maximum absolute atomic E-state index is 11.8. The normalized spacial score (nSPS) is 29.8. The molecule has 1 aliphatic heterocycles. The molecule has 0 bridgehead atoms. The van der Waals surface area contributed by atoms with Gasteiger partial charge in [-0.1, -0.05) is 0 Å². The molecular formula is C11H16N2O7. The van der Waals surface area contributed by atoms with Crippen molar-refractivity contribution in [3.05, 3.63) is 32.6 Å². The first-order valence-corrected chi connectivity index (χ1v) is 6.06. The predicted molar refractivity (Wildman–Crippen MR) is 65.1 cm³/mol. The van der Waals surface area contributed by atoms with E-state index in [1.165, 1.54) is 0 Å². The van der Waals surface area contributed by atoms with E-state index in [0.717, 1.165) is 10.8 Å². The van der Waals surface area contributed by atoms with E-state index in [-0.39, 0.29) is 18.7 Å². The Balaban J connectivity index is 2.40. The van der Waals surface area contributed by atoms with Gasteiger partial charge in [0, 0.05) is 6.20 Å². The van der Waals surface area contributed by atoms with Crippen LogP contribution in [0.4, 0.5) is 0 Å². The van der Waals surface area contributed by atoms with Crippen LogP contribution in [0.5, 0.6) is 0 Å². The van der Waals surface area contributed by atoms with E-state index >= 15 is 0 Å². The molecule has 2 rings (SSSR count). The van der Waals surface area contributed by atoms with Crippen molar-refractivity contribution in [1.82, 2.24) is 9.55 Å². The number of rotatable bonds is 4. The summed E-state index contributed by atoms with van der Waals surface area (Å²) >= 11 is 0. The van der Waals surface area contributed by atoms with Crippen LogP contribution in [-0.4, -0.2) is 61.5 Å². The predicted octanol–water partition coefficient (Wildman–Crippen LogP) is -3.32. The molecule has 1 saturated heterocycles. The first-order valence-electron chi connectivity index (χ1n) is 6.06. The number of nitrogens with one attached hydrogen (secondary N) is 1. The van der Waals surface area contributed by atoms with Crippen molar-refractivity contribution in [3.8, 4) is 0 Å². The number of hydrogen-bond donors (Lipinski definition) is 5. The number of nitrogens with zero attached hydrogens (tertiary/aromatic N) is 1. The average Bonchev–Trinajstić information content (AvgIpc) is 2.70. The molecule has 0 radical (unpaired) electrons. The van der Waals surface area contributed by atoms with E-state index in [1.807, 2.05) is 4.98 Å². The van der Waals surface area contributed by atoms with Gasteiger partial charge in [0.05, 0.1) is 25.3 Å². The molecule has 1 aromatic heterocycles. The van der Waals surface area contributed by atoms with Gasteiger partial charge in [-0.2, -0.15) is 0 Å². The number of hydrogen-bond acceptors (Lipinski definition) is 7. The Morgan fingerprint density at radius 1 is 1.25 bits per heavy atom. The van der Waals surface area contributed by atoms with Gasteiger partial charge >= 0.3 is 5.69 Å². The highest BCUT2D eigenvalue weighted by molar-refractivity contribution is 5.14. The smallest absolute Gasteiger partial charge is 0.328 e. The van der Waals surface area contributed by atoms with Crippen LogP contribution >= 0.6 is 0 Å². The highest BCUT2D eigenvalue weighted by atomic mass is 16.6. The lowest BCUT2D eigenvalue weighted by molar-refractivity contribution is -0.0233. The minimum atomic E-state index is -1.40. The molecule has 0 spiro atoms. The number of aromatic nitrogens is 2. The number of H-pyrrole nitrogens is 1. The van der Waals surface area contributed by atoms with E-state index in [9.17, 15) is 19.8 Å². The van der Waals surface area contributed by atoms with E-state index < -0.39 is 42.3 Å². The second-order valence-corrected chi connectivity index (χ2v) is 4.52. The number of ether oxygens (including phenoxy) is 1. The van der Waals surface area contributed by atoms with Gasteiger partial charge in [0.2, 0.25) is 0 Å². The lowest BCUT2D eigenvalue weighted by atomic mass is 10.0. The lowest BCUT2D eigenvalue weighted by Gasteiger charge is -2.15. The Morgan fingerprint density at radius 3 is 2.50 bits per heavy atom. The Hall–Kier alpha value is -1.52. The van der Waals surface area contributed by atoms with Gasteiger partial charge in [0.25, 0.3) is 5.56 Å². The van der Waals surface area contributed by atoms with Gasteiger partial charge in [-0.25, -0.2) is 4.79 Å². The van der Waals surface area contributed by atoms with Crippen molar-refractivity contribution < 1.29 is 25.2 Å². The molecule has 1 aliphatic rings. The van der Waals surface area contributed by atoms with Gasteiger partial charge in [-0.3, -0.25) is 14.3 Å². The molecule has 9 nitrogen and oxygen atoms in total. The fourth-order valence-electron chi connectivity index (χ4n) is 2.16. The molecule has 1 aromatic rings. The van der Waals surface area contributed by atoms with Crippen molar-refractivity contribution in [1.29, 1.82) is 0 Å². The summed E-state index contributed by atoms with van der Waals surface area (Å²) in [5, 5.41) is 37.3. The van der Waals surface area contributed by atoms with Crippen LogP contribution in [0.25, 0.3) is 0 Å². The Morgan fingerprint density at radius 2 is 1.95 bits per heavy atom. The average molecular weight is 288 g/mol. The number of aliphatic hydroxyl groups excluding tert-OH is 4. The molecule has 112 valence electrons. The Labute approximate surface area is 112 Å². The molecule has 0 saturated carbocycles. The van der Waals surface area contributed by atoms with Gasteiger partial charge < -0.3 is 25.2 Å². The van der Waals surface area contributed by atoms with Crippen LogP contribution in [0, 0.1) is 0 Å². The van der Waals surface area contributed by atoms with Gasteiger partial charge in [0.1, 0.15) is 24.4 Å². The number of aliphatic hydroxyl groups is 4. The summed E-state index contributed by atoms with van der Waals surface area (Å²) in [5.41, 5.74) is -1.50. The zero-order chi connectivity index (χ0) is 14.9. The van der Waals surface area contributed by atoms with E-state index in [4.69, 9.17) is 14.9 Å². The monoisotopic (exact) mass is 288 g/mol. The van der Waals surface area contributed by atoms with Crippen molar-refractivity contribution in [2.24, 2.45) is 0 Å². The van der Waals surface area contributed by atoms with Gasteiger partial charge in [-0.05, 0) is 0 Å². The molecule has 4 atom stereocenters. The topological polar surface area (TPSA) is 145 Å². The Bertz CT molecular complexity index is 581. The van der Waals surface area contributed by atoms with Gasteiger partial charge in [-0.15, -0.1) is 0 Å². The molecule has 5 N–H and O–H groups in total. The summed E-state index contributed by atoms with van der Waals surface area (Å²) in [6.45, 7) is -0.846. The third kappa shape index (κ3) is 2.53. The lowest BCUT2D eigenvalue weighted by Crippen LogP contribution is -2.36. The largest absolute Gasteiger partial charge is 0.395 e. The molecule has 2 heterocycles. The van der Waals surface area contributed by atoms with Gasteiger partial charge in [0.15, 0.2) is 0 Å². The first-order chi connectivity index (χ1) is 9.49. The van der Waals surface area contributed by atoms with Crippen LogP contribution in [0.3, 0.4) is 0 Å². The maximum Gasteiger partial charge on any atom is 0.328 e. The van der Waals surface area contributed by atoms with Crippen LogP contribution < -0.4 is 11.2 Å². The zero-order valence-electron chi connectivity index (χ0n) is 10.5. The number of aromatic amines is 1. The van der Waals surface area contributed by atoms with E-state index in [0.29, 0.717) is 0 Å². The zero-order valence-corrected chi connectivity index (χ0v) is 10.5. The molecular weight excluding hydrogens is 272 g/mol. The quantitative estimate of drug-likeness (QED) is 0.390. The van der Waals surface area contributed by atoms with Crippen LogP contribution in [-0.2, 0) is 11.3 Å². The van der Waals surface area contributed by atoms with Crippen LogP contribution in [0.15, 0.2) is 15.8 Å². The van der Waals surface area contributed by atoms with Crippen molar-refractivity contribution >= 4 is 0 Å². The highest BCUT2D eigenvalue weighted by Crippen LogP contribution is 2.31. The summed E-state index contributed by atoms with van der Waals surface area (Å²) in [4.78, 5) is 25.3. The fraction of sp³-hybridized carbons (Fsp3) is 0.636. The Kier molecular flexibility index (Phi) is 4.35. The standard InChI is InChI=1S/C11H16N2O7/c14-2-1-13-3-5(10(18)12-11(13)19)9-8(17)7(16)6(4-15)20-9/h3,6-9,14-17H,1-2,4H2,(H,12,18,19)/t6-,7?,8?,9+/m1/s1. The molecule has 1 fully saturated rings. The summed E-state index contributed by atoms with van der Waals surface area (Å²) < 4.78 is 6.29. The molecule has 0 aromatic carbocycles. The maximum atomic E-state index is 11.8. The van der Waals surface area contributed by atoms with Crippen molar-refractivity contribution in [2.75, 3.05) is 13.2 Å². The van der Waals surface area contributed by atoms with E-state index in [2.05, 4.69) is 0 Å². The van der Waals surface area contributed by atoms with Crippen molar-refractivity contribution in [2.45, 2.75) is 31.0 Å². The molecule has 20 heavy (non-hydrogen) atoms.